The molecule has 0 bridgehead atoms. The lowest BCUT2D eigenvalue weighted by Gasteiger charge is -2.12. The molecule has 1 aliphatic rings. The van der Waals surface area contributed by atoms with E-state index >= 15 is 0 Å². The number of anilines is 1. The van der Waals surface area contributed by atoms with Crippen LogP contribution >= 0.6 is 0 Å². The van der Waals surface area contributed by atoms with Crippen LogP contribution in [0, 0.1) is 12.8 Å². The summed E-state index contributed by atoms with van der Waals surface area (Å²) in [5.41, 5.74) is 3.32. The highest BCUT2D eigenvalue weighted by Gasteiger charge is 2.21. The molecule has 0 unspecified atom stereocenters. The molecule has 1 saturated carbocycles. The summed E-state index contributed by atoms with van der Waals surface area (Å²) in [4.78, 5) is 12.9. The van der Waals surface area contributed by atoms with Crippen molar-refractivity contribution in [3.63, 3.8) is 0 Å². The van der Waals surface area contributed by atoms with E-state index in [0.717, 1.165) is 17.7 Å². The van der Waals surface area contributed by atoms with Gasteiger partial charge in [-0.3, -0.25) is 4.79 Å². The normalized spacial score (nSPS) is 13.6. The SMILES string of the molecule is Cc1ccc(C(=O)Nc2cccc(COCC3CC3)c2)cc1S(=O)(=O)NCc1ccccc1. The highest BCUT2D eigenvalue weighted by Crippen LogP contribution is 2.29. The van der Waals surface area contributed by atoms with Gasteiger partial charge in [0.15, 0.2) is 0 Å². The van der Waals surface area contributed by atoms with Crippen LogP contribution < -0.4 is 10.0 Å². The van der Waals surface area contributed by atoms with Gasteiger partial charge in [-0.15, -0.1) is 0 Å². The largest absolute Gasteiger partial charge is 0.376 e. The van der Waals surface area contributed by atoms with E-state index in [9.17, 15) is 13.2 Å². The monoisotopic (exact) mass is 464 g/mol. The molecule has 33 heavy (non-hydrogen) atoms. The summed E-state index contributed by atoms with van der Waals surface area (Å²) in [5.74, 6) is 0.327. The Labute approximate surface area is 195 Å². The second-order valence-electron chi connectivity index (χ2n) is 8.40. The Morgan fingerprint density at radius 1 is 0.970 bits per heavy atom. The number of nitrogens with one attached hydrogen (secondary N) is 2. The molecule has 1 fully saturated rings. The fourth-order valence-electron chi connectivity index (χ4n) is 3.45. The van der Waals surface area contributed by atoms with Gasteiger partial charge >= 0.3 is 0 Å². The van der Waals surface area contributed by atoms with E-state index in [1.165, 1.54) is 18.9 Å². The van der Waals surface area contributed by atoms with Gasteiger partial charge in [-0.2, -0.15) is 0 Å². The molecule has 0 aromatic heterocycles. The van der Waals surface area contributed by atoms with Gasteiger partial charge in [0.1, 0.15) is 0 Å². The first-order valence-corrected chi connectivity index (χ1v) is 12.5. The van der Waals surface area contributed by atoms with Crippen molar-refractivity contribution < 1.29 is 17.9 Å². The maximum Gasteiger partial charge on any atom is 0.255 e. The zero-order valence-electron chi connectivity index (χ0n) is 18.6. The molecule has 0 aliphatic heterocycles. The van der Waals surface area contributed by atoms with E-state index in [1.807, 2.05) is 48.5 Å². The average Bonchev–Trinajstić information content (AvgIpc) is 3.63. The lowest BCUT2D eigenvalue weighted by Crippen LogP contribution is -2.24. The van der Waals surface area contributed by atoms with E-state index in [2.05, 4.69) is 10.0 Å². The number of carbonyl (C=O) groups is 1. The lowest BCUT2D eigenvalue weighted by atomic mass is 10.1. The average molecular weight is 465 g/mol. The molecule has 6 nitrogen and oxygen atoms in total. The molecule has 0 spiro atoms. The van der Waals surface area contributed by atoms with Crippen LogP contribution in [0.25, 0.3) is 0 Å². The highest BCUT2D eigenvalue weighted by atomic mass is 32.2. The molecule has 1 aliphatic carbocycles. The van der Waals surface area contributed by atoms with E-state index in [0.29, 0.717) is 23.8 Å². The molecule has 3 aromatic carbocycles. The maximum absolute atomic E-state index is 12.9. The summed E-state index contributed by atoms with van der Waals surface area (Å²) in [7, 11) is -3.78. The smallest absolute Gasteiger partial charge is 0.255 e. The van der Waals surface area contributed by atoms with Crippen molar-refractivity contribution in [1.82, 2.24) is 4.72 Å². The van der Waals surface area contributed by atoms with Crippen molar-refractivity contribution in [2.45, 2.75) is 37.8 Å². The minimum absolute atomic E-state index is 0.0910. The van der Waals surface area contributed by atoms with Crippen molar-refractivity contribution in [3.05, 3.63) is 95.1 Å². The Morgan fingerprint density at radius 2 is 1.73 bits per heavy atom. The third-order valence-corrected chi connectivity index (χ3v) is 7.10. The Balaban J connectivity index is 1.43. The number of amides is 1. The highest BCUT2D eigenvalue weighted by molar-refractivity contribution is 7.89. The van der Waals surface area contributed by atoms with Crippen LogP contribution in [-0.2, 0) is 27.9 Å². The predicted molar refractivity (Wildman–Crippen MR) is 128 cm³/mol. The molecule has 2 N–H and O–H groups in total. The first kappa shape index (κ1) is 23.2. The third-order valence-electron chi connectivity index (χ3n) is 5.55. The molecule has 0 atom stereocenters. The number of hydrogen-bond acceptors (Lipinski definition) is 4. The van der Waals surface area contributed by atoms with Gasteiger partial charge in [0, 0.05) is 24.4 Å². The number of rotatable bonds is 10. The topological polar surface area (TPSA) is 84.5 Å². The second kappa shape index (κ2) is 10.3. The molecular weight excluding hydrogens is 436 g/mol. The van der Waals surface area contributed by atoms with Crippen LogP contribution in [0.3, 0.4) is 0 Å². The summed E-state index contributed by atoms with van der Waals surface area (Å²) in [6.07, 6.45) is 2.48. The van der Waals surface area contributed by atoms with Crippen LogP contribution in [0.2, 0.25) is 0 Å². The lowest BCUT2D eigenvalue weighted by molar-refractivity contribution is 0.102. The van der Waals surface area contributed by atoms with Crippen LogP contribution in [0.4, 0.5) is 5.69 Å². The van der Waals surface area contributed by atoms with Crippen molar-refractivity contribution in [2.24, 2.45) is 5.92 Å². The summed E-state index contributed by atoms with van der Waals surface area (Å²) >= 11 is 0. The van der Waals surface area contributed by atoms with Gasteiger partial charge in [0.25, 0.3) is 5.91 Å². The molecule has 7 heteroatoms. The fraction of sp³-hybridized carbons (Fsp3) is 0.269. The van der Waals surface area contributed by atoms with E-state index in [1.54, 1.807) is 25.1 Å². The van der Waals surface area contributed by atoms with Gasteiger partial charge in [-0.1, -0.05) is 48.5 Å². The minimum atomic E-state index is -3.78. The predicted octanol–water partition coefficient (Wildman–Crippen LogP) is 4.65. The second-order valence-corrected chi connectivity index (χ2v) is 10.1. The van der Waals surface area contributed by atoms with Gasteiger partial charge in [0.2, 0.25) is 10.0 Å². The molecule has 4 rings (SSSR count). The first-order chi connectivity index (χ1) is 15.9. The molecular formula is C26H28N2O4S. The molecule has 1 amide bonds. The third kappa shape index (κ3) is 6.51. The van der Waals surface area contributed by atoms with Gasteiger partial charge in [0.05, 0.1) is 11.5 Å². The van der Waals surface area contributed by atoms with E-state index in [-0.39, 0.29) is 22.9 Å². The van der Waals surface area contributed by atoms with E-state index < -0.39 is 10.0 Å². The van der Waals surface area contributed by atoms with Crippen molar-refractivity contribution in [1.29, 1.82) is 0 Å². The van der Waals surface area contributed by atoms with Crippen LogP contribution in [0.1, 0.15) is 39.9 Å². The fourth-order valence-corrected chi connectivity index (χ4v) is 4.74. The number of hydrogen-bond donors (Lipinski definition) is 2. The van der Waals surface area contributed by atoms with Crippen molar-refractivity contribution in [2.75, 3.05) is 11.9 Å². The number of ether oxygens (including phenoxy) is 1. The zero-order valence-corrected chi connectivity index (χ0v) is 19.4. The molecule has 0 radical (unpaired) electrons. The van der Waals surface area contributed by atoms with Crippen molar-refractivity contribution >= 4 is 21.6 Å². The summed E-state index contributed by atoms with van der Waals surface area (Å²) in [6, 6.07) is 21.5. The number of benzene rings is 3. The molecule has 0 saturated heterocycles. The van der Waals surface area contributed by atoms with Crippen molar-refractivity contribution in [3.8, 4) is 0 Å². The van der Waals surface area contributed by atoms with Gasteiger partial charge < -0.3 is 10.1 Å². The van der Waals surface area contributed by atoms with Gasteiger partial charge in [-0.25, -0.2) is 13.1 Å². The van der Waals surface area contributed by atoms with Crippen LogP contribution in [-0.4, -0.2) is 20.9 Å². The summed E-state index contributed by atoms with van der Waals surface area (Å²) in [5, 5.41) is 2.86. The van der Waals surface area contributed by atoms with Crippen LogP contribution in [0.15, 0.2) is 77.7 Å². The zero-order chi connectivity index (χ0) is 23.3. The maximum atomic E-state index is 12.9. The Kier molecular flexibility index (Phi) is 7.23. The Hall–Kier alpha value is -3.00. The first-order valence-electron chi connectivity index (χ1n) is 11.0. The number of aryl methyl sites for hydroxylation is 1. The summed E-state index contributed by atoms with van der Waals surface area (Å²) in [6.45, 7) is 3.16. The van der Waals surface area contributed by atoms with Gasteiger partial charge in [-0.05, 0) is 66.6 Å². The molecule has 172 valence electrons. The quantitative estimate of drug-likeness (QED) is 0.457. The minimum Gasteiger partial charge on any atom is -0.376 e. The standard InChI is InChI=1S/C26H28N2O4S/c1-19-10-13-23(15-25(19)33(30,31)27-16-20-6-3-2-4-7-20)26(29)28-24-9-5-8-22(14-24)18-32-17-21-11-12-21/h2-10,13-15,21,27H,11-12,16-18H2,1H3,(H,28,29). The summed E-state index contributed by atoms with van der Waals surface area (Å²) < 4.78 is 34.1. The molecule has 0 heterocycles. The number of carbonyl (C=O) groups excluding carboxylic acids is 1. The Morgan fingerprint density at radius 3 is 2.48 bits per heavy atom. The Bertz CT molecular complexity index is 1220. The number of sulfonamides is 1. The molecule has 3 aromatic rings. The van der Waals surface area contributed by atoms with Crippen LogP contribution in [0.5, 0.6) is 0 Å². The van der Waals surface area contributed by atoms with E-state index in [4.69, 9.17) is 4.74 Å².